The van der Waals surface area contributed by atoms with E-state index >= 15 is 0 Å². The van der Waals surface area contributed by atoms with Crippen LogP contribution >= 0.6 is 0 Å². The molecule has 1 heterocycles. The number of methoxy groups -OCH3 is 2. The molecule has 1 N–H and O–H groups in total. The predicted octanol–water partition coefficient (Wildman–Crippen LogP) is 2.74. The van der Waals surface area contributed by atoms with Gasteiger partial charge in [0.05, 0.1) is 20.8 Å². The highest BCUT2D eigenvalue weighted by Crippen LogP contribution is 2.29. The normalized spacial score (nSPS) is 10.2. The average Bonchev–Trinajstić information content (AvgIpc) is 2.61. The first-order valence-electron chi connectivity index (χ1n) is 7.68. The first-order chi connectivity index (χ1) is 11.6. The van der Waals surface area contributed by atoms with E-state index < -0.39 is 0 Å². The van der Waals surface area contributed by atoms with E-state index in [4.69, 9.17) is 14.2 Å². The van der Waals surface area contributed by atoms with Crippen LogP contribution in [0.2, 0.25) is 0 Å². The number of amides is 1. The molecule has 2 rings (SSSR count). The lowest BCUT2D eigenvalue weighted by molar-refractivity contribution is 0.0950. The van der Waals surface area contributed by atoms with Crippen LogP contribution in [0.15, 0.2) is 30.5 Å². The van der Waals surface area contributed by atoms with E-state index in [1.807, 2.05) is 26.0 Å². The van der Waals surface area contributed by atoms with Gasteiger partial charge in [-0.25, -0.2) is 4.98 Å². The molecule has 0 atom stereocenters. The van der Waals surface area contributed by atoms with Crippen LogP contribution in [0.3, 0.4) is 0 Å². The smallest absolute Gasteiger partial charge is 0.251 e. The quantitative estimate of drug-likeness (QED) is 0.845. The molecule has 0 spiro atoms. The fourth-order valence-electron chi connectivity index (χ4n) is 2.32. The zero-order valence-electron chi connectivity index (χ0n) is 14.4. The summed E-state index contributed by atoms with van der Waals surface area (Å²) in [6.45, 7) is 4.61. The van der Waals surface area contributed by atoms with Crippen molar-refractivity contribution in [2.75, 3.05) is 20.8 Å². The molecule has 0 aliphatic heterocycles. The van der Waals surface area contributed by atoms with Crippen molar-refractivity contribution in [1.82, 2.24) is 10.3 Å². The van der Waals surface area contributed by atoms with Crippen molar-refractivity contribution in [3.05, 3.63) is 47.2 Å². The lowest BCUT2D eigenvalue weighted by Crippen LogP contribution is -2.23. The number of ether oxygens (including phenoxy) is 3. The summed E-state index contributed by atoms with van der Waals surface area (Å²) in [5.41, 5.74) is 2.14. The molecule has 1 amide bonds. The third-order valence-corrected chi connectivity index (χ3v) is 3.58. The minimum Gasteiger partial charge on any atom is -0.496 e. The number of nitrogens with one attached hydrogen (secondary N) is 1. The van der Waals surface area contributed by atoms with Gasteiger partial charge in [-0.3, -0.25) is 4.79 Å². The number of rotatable bonds is 7. The van der Waals surface area contributed by atoms with Crippen molar-refractivity contribution < 1.29 is 19.0 Å². The lowest BCUT2D eigenvalue weighted by Gasteiger charge is -2.13. The Labute approximate surface area is 141 Å². The molecule has 0 saturated heterocycles. The third-order valence-electron chi connectivity index (χ3n) is 3.58. The van der Waals surface area contributed by atoms with Gasteiger partial charge in [-0.2, -0.15) is 0 Å². The van der Waals surface area contributed by atoms with Gasteiger partial charge in [0.2, 0.25) is 5.88 Å². The second kappa shape index (κ2) is 8.19. The first kappa shape index (κ1) is 17.6. The number of nitrogens with zero attached hydrogens (tertiary/aromatic N) is 1. The monoisotopic (exact) mass is 330 g/mol. The summed E-state index contributed by atoms with van der Waals surface area (Å²) in [6, 6.07) is 7.07. The molecule has 6 nitrogen and oxygen atoms in total. The fourth-order valence-corrected chi connectivity index (χ4v) is 2.32. The number of carbonyl (C=O) groups excluding carboxylic acids is 1. The largest absolute Gasteiger partial charge is 0.496 e. The van der Waals surface area contributed by atoms with Gasteiger partial charge in [0.15, 0.2) is 0 Å². The summed E-state index contributed by atoms with van der Waals surface area (Å²) in [6.07, 6.45) is 1.66. The van der Waals surface area contributed by atoms with Crippen LogP contribution in [0, 0.1) is 6.92 Å². The number of hydrogen-bond donors (Lipinski definition) is 1. The SMILES string of the molecule is CCOc1ncccc1CNC(=O)c1cc(OC)c(C)c(OC)c1. The highest BCUT2D eigenvalue weighted by Gasteiger charge is 2.14. The van der Waals surface area contributed by atoms with Gasteiger partial charge in [0.25, 0.3) is 5.91 Å². The maximum Gasteiger partial charge on any atom is 0.251 e. The molecular formula is C18H22N2O4. The summed E-state index contributed by atoms with van der Waals surface area (Å²) in [4.78, 5) is 16.6. The number of aromatic nitrogens is 1. The molecule has 0 bridgehead atoms. The predicted molar refractivity (Wildman–Crippen MR) is 90.9 cm³/mol. The molecule has 0 aliphatic carbocycles. The van der Waals surface area contributed by atoms with Crippen LogP contribution in [0.25, 0.3) is 0 Å². The Bertz CT molecular complexity index is 691. The summed E-state index contributed by atoms with van der Waals surface area (Å²) in [5, 5.41) is 2.87. The Kier molecular flexibility index (Phi) is 6.01. The zero-order chi connectivity index (χ0) is 17.5. The third kappa shape index (κ3) is 3.95. The topological polar surface area (TPSA) is 69.7 Å². The lowest BCUT2D eigenvalue weighted by atomic mass is 10.1. The van der Waals surface area contributed by atoms with Crippen LogP contribution in [-0.4, -0.2) is 31.7 Å². The molecular weight excluding hydrogens is 308 g/mol. The maximum absolute atomic E-state index is 12.5. The molecule has 0 aliphatic rings. The summed E-state index contributed by atoms with van der Waals surface area (Å²) >= 11 is 0. The minimum atomic E-state index is -0.224. The summed E-state index contributed by atoms with van der Waals surface area (Å²) in [5.74, 6) is 1.52. The Morgan fingerprint density at radius 1 is 1.21 bits per heavy atom. The molecule has 6 heteroatoms. The van der Waals surface area contributed by atoms with E-state index in [0.717, 1.165) is 11.1 Å². The van der Waals surface area contributed by atoms with Crippen molar-refractivity contribution in [1.29, 1.82) is 0 Å². The van der Waals surface area contributed by atoms with Crippen LogP contribution in [0.5, 0.6) is 17.4 Å². The van der Waals surface area contributed by atoms with Crippen molar-refractivity contribution in [2.24, 2.45) is 0 Å². The van der Waals surface area contributed by atoms with E-state index in [2.05, 4.69) is 10.3 Å². The fraction of sp³-hybridized carbons (Fsp3) is 0.333. The van der Waals surface area contributed by atoms with E-state index in [0.29, 0.717) is 36.1 Å². The minimum absolute atomic E-state index is 0.224. The highest BCUT2D eigenvalue weighted by molar-refractivity contribution is 5.95. The van der Waals surface area contributed by atoms with Crippen molar-refractivity contribution in [3.63, 3.8) is 0 Å². The molecule has 0 radical (unpaired) electrons. The summed E-state index contributed by atoms with van der Waals surface area (Å²) in [7, 11) is 3.13. The number of benzene rings is 1. The van der Waals surface area contributed by atoms with Crippen LogP contribution in [0.1, 0.15) is 28.4 Å². The Morgan fingerprint density at radius 2 is 1.88 bits per heavy atom. The van der Waals surface area contributed by atoms with Crippen molar-refractivity contribution in [3.8, 4) is 17.4 Å². The maximum atomic E-state index is 12.5. The Morgan fingerprint density at radius 3 is 2.46 bits per heavy atom. The molecule has 1 aromatic heterocycles. The van der Waals surface area contributed by atoms with Gasteiger partial charge in [-0.1, -0.05) is 6.07 Å². The van der Waals surface area contributed by atoms with E-state index in [-0.39, 0.29) is 5.91 Å². The van der Waals surface area contributed by atoms with Crippen LogP contribution in [-0.2, 0) is 6.54 Å². The first-order valence-corrected chi connectivity index (χ1v) is 7.68. The number of hydrogen-bond acceptors (Lipinski definition) is 5. The standard InChI is InChI=1S/C18H22N2O4/c1-5-24-18-13(7-6-8-19-18)11-20-17(21)14-9-15(22-3)12(2)16(10-14)23-4/h6-10H,5,11H2,1-4H3,(H,20,21). The molecule has 128 valence electrons. The van der Waals surface area contributed by atoms with Gasteiger partial charge < -0.3 is 19.5 Å². The van der Waals surface area contributed by atoms with Crippen LogP contribution in [0.4, 0.5) is 0 Å². The van der Waals surface area contributed by atoms with E-state index in [9.17, 15) is 4.79 Å². The Balaban J connectivity index is 2.16. The highest BCUT2D eigenvalue weighted by atomic mass is 16.5. The van der Waals surface area contributed by atoms with Gasteiger partial charge in [0.1, 0.15) is 11.5 Å². The number of carbonyl (C=O) groups is 1. The van der Waals surface area contributed by atoms with E-state index in [1.54, 1.807) is 32.5 Å². The van der Waals surface area contributed by atoms with Gasteiger partial charge in [-0.15, -0.1) is 0 Å². The number of pyridine rings is 1. The van der Waals surface area contributed by atoms with Crippen molar-refractivity contribution >= 4 is 5.91 Å². The second-order valence-electron chi connectivity index (χ2n) is 5.09. The van der Waals surface area contributed by atoms with Gasteiger partial charge >= 0.3 is 0 Å². The molecule has 1 aromatic carbocycles. The average molecular weight is 330 g/mol. The van der Waals surface area contributed by atoms with E-state index in [1.165, 1.54) is 0 Å². The summed E-state index contributed by atoms with van der Waals surface area (Å²) < 4.78 is 16.1. The van der Waals surface area contributed by atoms with Gasteiger partial charge in [0, 0.05) is 29.4 Å². The van der Waals surface area contributed by atoms with Crippen LogP contribution < -0.4 is 19.5 Å². The molecule has 2 aromatic rings. The molecule has 0 saturated carbocycles. The second-order valence-corrected chi connectivity index (χ2v) is 5.09. The zero-order valence-corrected chi connectivity index (χ0v) is 14.4. The molecule has 0 unspecified atom stereocenters. The molecule has 24 heavy (non-hydrogen) atoms. The van der Waals surface area contributed by atoms with Crippen molar-refractivity contribution in [2.45, 2.75) is 20.4 Å². The van der Waals surface area contributed by atoms with Gasteiger partial charge in [-0.05, 0) is 32.0 Å². The molecule has 0 fully saturated rings. The Hall–Kier alpha value is -2.76.